The van der Waals surface area contributed by atoms with Crippen LogP contribution in [-0.4, -0.2) is 25.8 Å². The molecule has 0 saturated carbocycles. The number of hydrogen-bond donors (Lipinski definition) is 2. The zero-order valence-electron chi connectivity index (χ0n) is 13.0. The van der Waals surface area contributed by atoms with E-state index in [2.05, 4.69) is 40.4 Å². The second-order valence-corrected chi connectivity index (χ2v) is 6.41. The molecule has 0 aliphatic rings. The zero-order valence-corrected chi connectivity index (χ0v) is 14.6. The molecule has 1 rings (SSSR count). The minimum atomic E-state index is -0.144. The van der Waals surface area contributed by atoms with Crippen LogP contribution in [0.4, 0.5) is 4.79 Å². The first-order chi connectivity index (χ1) is 9.99. The van der Waals surface area contributed by atoms with Crippen LogP contribution in [0.2, 0.25) is 0 Å². The third-order valence-corrected chi connectivity index (χ3v) is 3.45. The number of urea groups is 1. The molecule has 0 aromatic heterocycles. The maximum Gasteiger partial charge on any atom is 0.315 e. The smallest absolute Gasteiger partial charge is 0.315 e. The Morgan fingerprint density at radius 1 is 1.24 bits per heavy atom. The van der Waals surface area contributed by atoms with E-state index in [1.807, 2.05) is 31.2 Å². The monoisotopic (exact) mass is 356 g/mol. The van der Waals surface area contributed by atoms with Crippen LogP contribution in [0.1, 0.15) is 38.8 Å². The largest absolute Gasteiger partial charge is 0.381 e. The second kappa shape index (κ2) is 9.79. The molecule has 1 aromatic rings. The van der Waals surface area contributed by atoms with Crippen molar-refractivity contribution >= 4 is 22.0 Å². The Morgan fingerprint density at radius 3 is 2.52 bits per heavy atom. The average molecular weight is 357 g/mol. The normalized spacial score (nSPS) is 12.2. The van der Waals surface area contributed by atoms with Gasteiger partial charge in [0, 0.05) is 24.2 Å². The van der Waals surface area contributed by atoms with Crippen molar-refractivity contribution < 1.29 is 9.53 Å². The van der Waals surface area contributed by atoms with E-state index in [9.17, 15) is 4.79 Å². The summed E-state index contributed by atoms with van der Waals surface area (Å²) in [5.41, 5.74) is 1.08. The fourth-order valence-corrected chi connectivity index (χ4v) is 2.04. The number of ether oxygens (including phenoxy) is 1. The summed E-state index contributed by atoms with van der Waals surface area (Å²) >= 11 is 3.40. The van der Waals surface area contributed by atoms with Crippen molar-refractivity contribution in [2.24, 2.45) is 5.92 Å². The van der Waals surface area contributed by atoms with Crippen LogP contribution in [0, 0.1) is 5.92 Å². The van der Waals surface area contributed by atoms with Gasteiger partial charge < -0.3 is 15.4 Å². The highest BCUT2D eigenvalue weighted by Crippen LogP contribution is 2.16. The molecule has 1 aromatic carbocycles. The van der Waals surface area contributed by atoms with Gasteiger partial charge in [-0.05, 0) is 37.0 Å². The number of carbonyl (C=O) groups excluding carboxylic acids is 1. The molecule has 0 aliphatic heterocycles. The average Bonchev–Trinajstić information content (AvgIpc) is 2.43. The minimum Gasteiger partial charge on any atom is -0.381 e. The Kier molecular flexibility index (Phi) is 8.38. The number of benzene rings is 1. The molecule has 0 radical (unpaired) electrons. The van der Waals surface area contributed by atoms with E-state index < -0.39 is 0 Å². The minimum absolute atomic E-state index is 0.0182. The lowest BCUT2D eigenvalue weighted by Crippen LogP contribution is -2.37. The van der Waals surface area contributed by atoms with E-state index >= 15 is 0 Å². The van der Waals surface area contributed by atoms with Gasteiger partial charge in [-0.3, -0.25) is 0 Å². The van der Waals surface area contributed by atoms with Crippen molar-refractivity contribution in [3.05, 3.63) is 34.3 Å². The summed E-state index contributed by atoms with van der Waals surface area (Å²) in [4.78, 5) is 11.8. The number of rotatable bonds is 8. The van der Waals surface area contributed by atoms with Crippen LogP contribution in [0.25, 0.3) is 0 Å². The summed E-state index contributed by atoms with van der Waals surface area (Å²) < 4.78 is 6.49. The number of amides is 2. The van der Waals surface area contributed by atoms with E-state index in [1.165, 1.54) is 0 Å². The molecule has 2 amide bonds. The topological polar surface area (TPSA) is 50.4 Å². The standard InChI is InChI=1S/C16H25BrN2O2/c1-12(2)11-21-10-4-9-18-16(20)19-13(3)14-5-7-15(17)8-6-14/h5-8,12-13H,4,9-11H2,1-3H3,(H2,18,19,20)/t13-/m0/s1. The second-order valence-electron chi connectivity index (χ2n) is 5.50. The van der Waals surface area contributed by atoms with Crippen LogP contribution in [0.15, 0.2) is 28.7 Å². The maximum atomic E-state index is 11.8. The Hall–Kier alpha value is -1.07. The molecule has 0 aliphatic carbocycles. The SMILES string of the molecule is CC(C)COCCCNC(=O)N[C@@H](C)c1ccc(Br)cc1. The highest BCUT2D eigenvalue weighted by molar-refractivity contribution is 9.10. The lowest BCUT2D eigenvalue weighted by molar-refractivity contribution is 0.108. The van der Waals surface area contributed by atoms with Crippen molar-refractivity contribution in [1.82, 2.24) is 10.6 Å². The van der Waals surface area contributed by atoms with Gasteiger partial charge in [0.15, 0.2) is 0 Å². The Labute approximate surface area is 135 Å². The number of nitrogens with one attached hydrogen (secondary N) is 2. The van der Waals surface area contributed by atoms with Crippen LogP contribution < -0.4 is 10.6 Å². The summed E-state index contributed by atoms with van der Waals surface area (Å²) in [7, 11) is 0. The molecule has 0 saturated heterocycles. The first-order valence-electron chi connectivity index (χ1n) is 7.36. The van der Waals surface area contributed by atoms with Gasteiger partial charge in [0.2, 0.25) is 0 Å². The highest BCUT2D eigenvalue weighted by atomic mass is 79.9. The van der Waals surface area contributed by atoms with E-state index in [-0.39, 0.29) is 12.1 Å². The van der Waals surface area contributed by atoms with Gasteiger partial charge in [-0.15, -0.1) is 0 Å². The summed E-state index contributed by atoms with van der Waals surface area (Å²) in [6, 6.07) is 7.77. The van der Waals surface area contributed by atoms with Crippen molar-refractivity contribution in [2.45, 2.75) is 33.2 Å². The highest BCUT2D eigenvalue weighted by Gasteiger charge is 2.08. The molecule has 5 heteroatoms. The van der Waals surface area contributed by atoms with Crippen molar-refractivity contribution in [1.29, 1.82) is 0 Å². The van der Waals surface area contributed by atoms with Crippen molar-refractivity contribution in [3.8, 4) is 0 Å². The van der Waals surface area contributed by atoms with Crippen LogP contribution in [0.5, 0.6) is 0 Å². The molecule has 0 unspecified atom stereocenters. The van der Waals surface area contributed by atoms with Gasteiger partial charge in [-0.1, -0.05) is 41.9 Å². The Balaban J connectivity index is 2.17. The molecule has 118 valence electrons. The zero-order chi connectivity index (χ0) is 15.7. The molecule has 21 heavy (non-hydrogen) atoms. The van der Waals surface area contributed by atoms with Gasteiger partial charge >= 0.3 is 6.03 Å². The quantitative estimate of drug-likeness (QED) is 0.694. The van der Waals surface area contributed by atoms with Crippen LogP contribution >= 0.6 is 15.9 Å². The van der Waals surface area contributed by atoms with Gasteiger partial charge in [0.25, 0.3) is 0 Å². The summed E-state index contributed by atoms with van der Waals surface area (Å²) in [5, 5.41) is 5.76. The maximum absolute atomic E-state index is 11.8. The molecule has 2 N–H and O–H groups in total. The molecule has 0 fully saturated rings. The van der Waals surface area contributed by atoms with E-state index in [0.717, 1.165) is 23.1 Å². The van der Waals surface area contributed by atoms with Gasteiger partial charge in [-0.25, -0.2) is 4.79 Å². The lowest BCUT2D eigenvalue weighted by atomic mass is 10.1. The van der Waals surface area contributed by atoms with E-state index in [1.54, 1.807) is 0 Å². The van der Waals surface area contributed by atoms with Crippen LogP contribution in [-0.2, 0) is 4.74 Å². The molecule has 0 heterocycles. The van der Waals surface area contributed by atoms with Gasteiger partial charge in [0.05, 0.1) is 6.04 Å². The Morgan fingerprint density at radius 2 is 1.90 bits per heavy atom. The number of halogens is 1. The fourth-order valence-electron chi connectivity index (χ4n) is 1.78. The molecule has 0 bridgehead atoms. The summed E-state index contributed by atoms with van der Waals surface area (Å²) in [6.07, 6.45) is 0.826. The summed E-state index contributed by atoms with van der Waals surface area (Å²) in [6.45, 7) is 8.28. The third-order valence-electron chi connectivity index (χ3n) is 2.92. The number of carbonyl (C=O) groups is 1. The van der Waals surface area contributed by atoms with Crippen molar-refractivity contribution in [2.75, 3.05) is 19.8 Å². The molecular formula is C16H25BrN2O2. The van der Waals surface area contributed by atoms with Gasteiger partial charge in [-0.2, -0.15) is 0 Å². The molecular weight excluding hydrogens is 332 g/mol. The molecule has 0 spiro atoms. The first-order valence-corrected chi connectivity index (χ1v) is 8.16. The van der Waals surface area contributed by atoms with E-state index in [4.69, 9.17) is 4.74 Å². The van der Waals surface area contributed by atoms with Crippen LogP contribution in [0.3, 0.4) is 0 Å². The predicted octanol–water partition coefficient (Wildman–Crippen LogP) is 3.87. The first kappa shape index (κ1) is 18.0. The van der Waals surface area contributed by atoms with E-state index in [0.29, 0.717) is 19.1 Å². The molecule has 1 atom stereocenters. The predicted molar refractivity (Wildman–Crippen MR) is 89.4 cm³/mol. The lowest BCUT2D eigenvalue weighted by Gasteiger charge is -2.15. The fraction of sp³-hybridized carbons (Fsp3) is 0.562. The van der Waals surface area contributed by atoms with Gasteiger partial charge in [0.1, 0.15) is 0 Å². The number of hydrogen-bond acceptors (Lipinski definition) is 2. The molecule has 4 nitrogen and oxygen atoms in total. The summed E-state index contributed by atoms with van der Waals surface area (Å²) in [5.74, 6) is 0.549. The third kappa shape index (κ3) is 8.07. The van der Waals surface area contributed by atoms with Crippen molar-refractivity contribution in [3.63, 3.8) is 0 Å². The Bertz CT molecular complexity index is 421.